The molecule has 1 atom stereocenters. The predicted octanol–water partition coefficient (Wildman–Crippen LogP) is 2.12. The monoisotopic (exact) mass is 314 g/mol. The summed E-state index contributed by atoms with van der Waals surface area (Å²) in [6, 6.07) is 0. The Labute approximate surface area is 133 Å². The van der Waals surface area contributed by atoms with Crippen LogP contribution in [0.3, 0.4) is 0 Å². The highest BCUT2D eigenvalue weighted by Gasteiger charge is 2.15. The molecule has 0 aliphatic rings. The van der Waals surface area contributed by atoms with Gasteiger partial charge in [0.05, 0.1) is 6.10 Å². The van der Waals surface area contributed by atoms with Crippen LogP contribution in [-0.2, 0) is 9.53 Å². The Morgan fingerprint density at radius 1 is 1.14 bits per heavy atom. The van der Waals surface area contributed by atoms with Gasteiger partial charge in [-0.2, -0.15) is 0 Å². The van der Waals surface area contributed by atoms with Gasteiger partial charge in [-0.15, -0.1) is 0 Å². The summed E-state index contributed by atoms with van der Waals surface area (Å²) < 4.78 is 5.08. The lowest BCUT2D eigenvalue weighted by Gasteiger charge is -2.20. The van der Waals surface area contributed by atoms with Crippen molar-refractivity contribution in [1.29, 1.82) is 0 Å². The summed E-state index contributed by atoms with van der Waals surface area (Å²) >= 11 is 0. The molecule has 0 saturated carbocycles. The van der Waals surface area contributed by atoms with E-state index in [4.69, 9.17) is 4.74 Å². The lowest BCUT2D eigenvalue weighted by molar-refractivity contribution is -0.120. The first kappa shape index (κ1) is 20.4. The van der Waals surface area contributed by atoms with Crippen molar-refractivity contribution < 1.29 is 19.4 Å². The Hall–Kier alpha value is -1.56. The van der Waals surface area contributed by atoms with Crippen LogP contribution < -0.4 is 10.6 Å². The van der Waals surface area contributed by atoms with Crippen molar-refractivity contribution in [2.24, 2.45) is 0 Å². The van der Waals surface area contributed by atoms with Gasteiger partial charge in [0.2, 0.25) is 5.91 Å². The van der Waals surface area contributed by atoms with Gasteiger partial charge in [-0.25, -0.2) is 4.79 Å². The van der Waals surface area contributed by atoms with E-state index < -0.39 is 17.8 Å². The number of rotatable bonds is 9. The van der Waals surface area contributed by atoms with Crippen molar-refractivity contribution in [3.8, 4) is 0 Å². The van der Waals surface area contributed by atoms with Gasteiger partial charge >= 0.3 is 6.09 Å². The Kier molecular flexibility index (Phi) is 10.3. The predicted molar refractivity (Wildman–Crippen MR) is 86.5 cm³/mol. The SMILES string of the molecule is CC/C=C\CC(=O)NCCC(O)CCNC(=O)OC(C)(C)C. The standard InChI is InChI=1S/C16H30N2O4/c1-5-6-7-8-14(20)17-11-9-13(19)10-12-18-15(21)22-16(2,3)4/h6-7,13,19H,5,8-12H2,1-4H3,(H,17,20)(H,18,21)/b7-6-. The van der Waals surface area contributed by atoms with E-state index in [2.05, 4.69) is 10.6 Å². The molecule has 0 aliphatic carbocycles. The molecule has 0 aromatic rings. The first-order chi connectivity index (χ1) is 10.2. The summed E-state index contributed by atoms with van der Waals surface area (Å²) in [5.74, 6) is -0.0521. The molecule has 3 N–H and O–H groups in total. The third kappa shape index (κ3) is 13.4. The zero-order valence-electron chi connectivity index (χ0n) is 14.1. The van der Waals surface area contributed by atoms with Crippen molar-refractivity contribution in [2.45, 2.75) is 65.1 Å². The molecule has 0 heterocycles. The first-order valence-corrected chi connectivity index (χ1v) is 7.81. The molecule has 0 aliphatic heterocycles. The molecular weight excluding hydrogens is 284 g/mol. The summed E-state index contributed by atoms with van der Waals surface area (Å²) in [7, 11) is 0. The number of carbonyl (C=O) groups is 2. The summed E-state index contributed by atoms with van der Waals surface area (Å²) in [5, 5.41) is 15.1. The fraction of sp³-hybridized carbons (Fsp3) is 0.750. The maximum atomic E-state index is 11.4. The molecule has 6 heteroatoms. The Balaban J connectivity index is 3.66. The topological polar surface area (TPSA) is 87.7 Å². The van der Waals surface area contributed by atoms with Gasteiger partial charge in [0.25, 0.3) is 0 Å². The molecule has 0 fully saturated rings. The van der Waals surface area contributed by atoms with Crippen LogP contribution in [0.1, 0.15) is 53.4 Å². The number of nitrogens with one attached hydrogen (secondary N) is 2. The number of ether oxygens (including phenoxy) is 1. The van der Waals surface area contributed by atoms with Gasteiger partial charge < -0.3 is 20.5 Å². The molecule has 0 bridgehead atoms. The second-order valence-electron chi connectivity index (χ2n) is 6.09. The van der Waals surface area contributed by atoms with Crippen LogP contribution in [-0.4, -0.2) is 41.9 Å². The number of aliphatic hydroxyl groups excluding tert-OH is 1. The van der Waals surface area contributed by atoms with Gasteiger partial charge in [0.15, 0.2) is 0 Å². The van der Waals surface area contributed by atoms with Crippen LogP contribution in [0.15, 0.2) is 12.2 Å². The van der Waals surface area contributed by atoms with Crippen LogP contribution in [0.25, 0.3) is 0 Å². The molecule has 6 nitrogen and oxygen atoms in total. The third-order valence-electron chi connectivity index (χ3n) is 2.65. The van der Waals surface area contributed by atoms with E-state index in [9.17, 15) is 14.7 Å². The summed E-state index contributed by atoms with van der Waals surface area (Å²) in [5.41, 5.74) is -0.529. The fourth-order valence-electron chi connectivity index (χ4n) is 1.61. The van der Waals surface area contributed by atoms with Crippen LogP contribution in [0.5, 0.6) is 0 Å². The smallest absolute Gasteiger partial charge is 0.407 e. The van der Waals surface area contributed by atoms with Crippen molar-refractivity contribution in [3.05, 3.63) is 12.2 Å². The number of allylic oxidation sites excluding steroid dienone is 1. The first-order valence-electron chi connectivity index (χ1n) is 7.81. The Morgan fingerprint density at radius 2 is 1.73 bits per heavy atom. The quantitative estimate of drug-likeness (QED) is 0.569. The van der Waals surface area contributed by atoms with E-state index in [0.717, 1.165) is 6.42 Å². The normalized spacial score (nSPS) is 13.0. The van der Waals surface area contributed by atoms with E-state index in [-0.39, 0.29) is 5.91 Å². The maximum Gasteiger partial charge on any atom is 0.407 e. The zero-order chi connectivity index (χ0) is 17.0. The minimum atomic E-state index is -0.568. The van der Waals surface area contributed by atoms with E-state index in [1.54, 1.807) is 20.8 Å². The molecule has 22 heavy (non-hydrogen) atoms. The van der Waals surface area contributed by atoms with Gasteiger partial charge in [0.1, 0.15) is 5.60 Å². The average Bonchev–Trinajstić information content (AvgIpc) is 2.36. The molecule has 0 aromatic heterocycles. The lowest BCUT2D eigenvalue weighted by atomic mass is 10.2. The maximum absolute atomic E-state index is 11.4. The number of amides is 2. The molecule has 0 spiro atoms. The highest BCUT2D eigenvalue weighted by molar-refractivity contribution is 5.77. The van der Waals surface area contributed by atoms with Gasteiger partial charge in [-0.1, -0.05) is 19.1 Å². The van der Waals surface area contributed by atoms with Crippen LogP contribution in [0, 0.1) is 0 Å². The number of hydrogen-bond acceptors (Lipinski definition) is 4. The average molecular weight is 314 g/mol. The van der Waals surface area contributed by atoms with Gasteiger partial charge in [-0.05, 0) is 40.0 Å². The molecular formula is C16H30N2O4. The highest BCUT2D eigenvalue weighted by atomic mass is 16.6. The summed E-state index contributed by atoms with van der Waals surface area (Å²) in [6.45, 7) is 8.14. The molecule has 2 amide bonds. The summed E-state index contributed by atoms with van der Waals surface area (Å²) in [6.07, 6.45) is 4.87. The molecule has 0 saturated heterocycles. The molecule has 128 valence electrons. The van der Waals surface area contributed by atoms with Crippen molar-refractivity contribution >= 4 is 12.0 Å². The van der Waals surface area contributed by atoms with Gasteiger partial charge in [-0.3, -0.25) is 4.79 Å². The van der Waals surface area contributed by atoms with E-state index in [0.29, 0.717) is 32.4 Å². The van der Waals surface area contributed by atoms with E-state index in [1.807, 2.05) is 19.1 Å². The second kappa shape index (κ2) is 11.1. The van der Waals surface area contributed by atoms with Gasteiger partial charge in [0, 0.05) is 19.5 Å². The number of carbonyl (C=O) groups excluding carboxylic acids is 2. The minimum Gasteiger partial charge on any atom is -0.444 e. The number of alkyl carbamates (subject to hydrolysis) is 1. The van der Waals surface area contributed by atoms with Crippen LogP contribution >= 0.6 is 0 Å². The minimum absolute atomic E-state index is 0.0521. The van der Waals surface area contributed by atoms with Crippen molar-refractivity contribution in [3.63, 3.8) is 0 Å². The largest absolute Gasteiger partial charge is 0.444 e. The van der Waals surface area contributed by atoms with Crippen LogP contribution in [0.4, 0.5) is 4.79 Å². The number of hydrogen-bond donors (Lipinski definition) is 3. The second-order valence-corrected chi connectivity index (χ2v) is 6.09. The lowest BCUT2D eigenvalue weighted by Crippen LogP contribution is -2.34. The molecule has 0 aromatic carbocycles. The fourth-order valence-corrected chi connectivity index (χ4v) is 1.61. The van der Waals surface area contributed by atoms with Crippen LogP contribution in [0.2, 0.25) is 0 Å². The highest BCUT2D eigenvalue weighted by Crippen LogP contribution is 2.06. The third-order valence-corrected chi connectivity index (χ3v) is 2.65. The van der Waals surface area contributed by atoms with E-state index >= 15 is 0 Å². The molecule has 0 rings (SSSR count). The molecule has 0 radical (unpaired) electrons. The number of aliphatic hydroxyl groups is 1. The zero-order valence-corrected chi connectivity index (χ0v) is 14.1. The molecule has 1 unspecified atom stereocenters. The van der Waals surface area contributed by atoms with Crippen molar-refractivity contribution in [2.75, 3.05) is 13.1 Å². The summed E-state index contributed by atoms with van der Waals surface area (Å²) in [4.78, 5) is 22.8. The Bertz CT molecular complexity index is 362. The Morgan fingerprint density at radius 3 is 2.27 bits per heavy atom. The van der Waals surface area contributed by atoms with Crippen molar-refractivity contribution in [1.82, 2.24) is 10.6 Å². The van der Waals surface area contributed by atoms with E-state index in [1.165, 1.54) is 0 Å².